The van der Waals surface area contributed by atoms with Gasteiger partial charge in [-0.05, 0) is 64.8 Å². The summed E-state index contributed by atoms with van der Waals surface area (Å²) < 4.78 is 1.14. The van der Waals surface area contributed by atoms with Crippen LogP contribution < -0.4 is 0 Å². The van der Waals surface area contributed by atoms with Gasteiger partial charge in [0.1, 0.15) is 0 Å². The lowest BCUT2D eigenvalue weighted by atomic mass is 10.0. The quantitative estimate of drug-likeness (QED) is 0.165. The van der Waals surface area contributed by atoms with E-state index < -0.39 is 0 Å². The van der Waals surface area contributed by atoms with Gasteiger partial charge < -0.3 is 0 Å². The lowest BCUT2D eigenvalue weighted by Crippen LogP contribution is -1.93. The SMILES string of the molecule is CCCCCCCCc1ccc(C=CC(=O)c2ccc(I)cc2)cc1. The van der Waals surface area contributed by atoms with Crippen molar-refractivity contribution in [2.24, 2.45) is 0 Å². The highest BCUT2D eigenvalue weighted by Crippen LogP contribution is 2.13. The maximum atomic E-state index is 12.2. The first-order valence-electron chi connectivity index (χ1n) is 9.26. The monoisotopic (exact) mass is 446 g/mol. The normalized spacial score (nSPS) is 11.1. The van der Waals surface area contributed by atoms with Gasteiger partial charge in [0.2, 0.25) is 0 Å². The molecule has 0 N–H and O–H groups in total. The third kappa shape index (κ3) is 7.55. The molecule has 0 unspecified atom stereocenters. The number of unbranched alkanes of at least 4 members (excludes halogenated alkanes) is 5. The van der Waals surface area contributed by atoms with Crippen LogP contribution in [-0.4, -0.2) is 5.78 Å². The molecule has 0 saturated heterocycles. The molecule has 0 heterocycles. The van der Waals surface area contributed by atoms with Gasteiger partial charge in [0.15, 0.2) is 5.78 Å². The zero-order valence-corrected chi connectivity index (χ0v) is 17.2. The molecule has 0 fully saturated rings. The zero-order valence-electron chi connectivity index (χ0n) is 15.0. The Morgan fingerprint density at radius 3 is 2.20 bits per heavy atom. The molecule has 132 valence electrons. The third-order valence-electron chi connectivity index (χ3n) is 4.35. The fourth-order valence-corrected chi connectivity index (χ4v) is 3.15. The van der Waals surface area contributed by atoms with Crippen molar-refractivity contribution in [1.82, 2.24) is 0 Å². The number of rotatable bonds is 10. The summed E-state index contributed by atoms with van der Waals surface area (Å²) in [5.41, 5.74) is 3.19. The van der Waals surface area contributed by atoms with Gasteiger partial charge in [-0.25, -0.2) is 0 Å². The summed E-state index contributed by atoms with van der Waals surface area (Å²) in [5, 5.41) is 0. The molecule has 0 saturated carbocycles. The number of benzene rings is 2. The first kappa shape index (κ1) is 19.9. The average Bonchev–Trinajstić information content (AvgIpc) is 2.64. The summed E-state index contributed by atoms with van der Waals surface area (Å²) in [7, 11) is 0. The summed E-state index contributed by atoms with van der Waals surface area (Å²) in [6, 6.07) is 16.2. The number of hydrogen-bond donors (Lipinski definition) is 0. The summed E-state index contributed by atoms with van der Waals surface area (Å²) >= 11 is 2.24. The third-order valence-corrected chi connectivity index (χ3v) is 5.07. The molecular weight excluding hydrogens is 419 g/mol. The van der Waals surface area contributed by atoms with Crippen LogP contribution in [0.5, 0.6) is 0 Å². The first-order valence-corrected chi connectivity index (χ1v) is 10.3. The van der Waals surface area contributed by atoms with Gasteiger partial charge in [0.05, 0.1) is 0 Å². The number of allylic oxidation sites excluding steroid dienone is 1. The highest BCUT2D eigenvalue weighted by molar-refractivity contribution is 14.1. The van der Waals surface area contributed by atoms with Crippen LogP contribution in [0.3, 0.4) is 0 Å². The molecule has 0 spiro atoms. The molecule has 0 bridgehead atoms. The Balaban J connectivity index is 1.79. The predicted molar refractivity (Wildman–Crippen MR) is 116 cm³/mol. The molecular formula is C23H27IO. The van der Waals surface area contributed by atoms with E-state index in [9.17, 15) is 4.79 Å². The average molecular weight is 446 g/mol. The molecule has 2 rings (SSSR count). The van der Waals surface area contributed by atoms with E-state index in [2.05, 4.69) is 53.8 Å². The van der Waals surface area contributed by atoms with E-state index in [1.54, 1.807) is 6.08 Å². The molecule has 0 radical (unpaired) electrons. The number of halogens is 1. The maximum Gasteiger partial charge on any atom is 0.185 e. The largest absolute Gasteiger partial charge is 0.289 e. The second-order valence-corrected chi connectivity index (χ2v) is 7.71. The minimum atomic E-state index is 0.0487. The van der Waals surface area contributed by atoms with Gasteiger partial charge in [0, 0.05) is 9.13 Å². The van der Waals surface area contributed by atoms with Gasteiger partial charge in [-0.3, -0.25) is 4.79 Å². The van der Waals surface area contributed by atoms with Crippen LogP contribution in [0, 0.1) is 3.57 Å². The van der Waals surface area contributed by atoms with E-state index >= 15 is 0 Å². The molecule has 1 nitrogen and oxygen atoms in total. The van der Waals surface area contributed by atoms with Crippen molar-refractivity contribution < 1.29 is 4.79 Å². The van der Waals surface area contributed by atoms with Gasteiger partial charge in [-0.15, -0.1) is 0 Å². The highest BCUT2D eigenvalue weighted by atomic mass is 127. The number of carbonyl (C=O) groups excluding carboxylic acids is 1. The van der Waals surface area contributed by atoms with Crippen LogP contribution in [0.25, 0.3) is 6.08 Å². The van der Waals surface area contributed by atoms with Crippen molar-refractivity contribution >= 4 is 34.5 Å². The lowest BCUT2D eigenvalue weighted by molar-refractivity contribution is 0.104. The topological polar surface area (TPSA) is 17.1 Å². The predicted octanol–water partition coefficient (Wildman–Crippen LogP) is 7.09. The molecule has 0 aliphatic rings. The fraction of sp³-hybridized carbons (Fsp3) is 0.348. The Morgan fingerprint density at radius 1 is 0.880 bits per heavy atom. The van der Waals surface area contributed by atoms with Crippen molar-refractivity contribution in [3.8, 4) is 0 Å². The van der Waals surface area contributed by atoms with E-state index in [-0.39, 0.29) is 5.78 Å². The van der Waals surface area contributed by atoms with E-state index in [4.69, 9.17) is 0 Å². The Kier molecular flexibility index (Phi) is 8.95. The summed E-state index contributed by atoms with van der Waals surface area (Å²) in [5.74, 6) is 0.0487. The van der Waals surface area contributed by atoms with E-state index in [0.717, 1.165) is 21.1 Å². The summed E-state index contributed by atoms with van der Waals surface area (Å²) in [6.45, 7) is 2.25. The summed E-state index contributed by atoms with van der Waals surface area (Å²) in [6.07, 6.45) is 12.7. The van der Waals surface area contributed by atoms with Crippen molar-refractivity contribution in [1.29, 1.82) is 0 Å². The second-order valence-electron chi connectivity index (χ2n) is 6.46. The van der Waals surface area contributed by atoms with Crippen molar-refractivity contribution in [2.45, 2.75) is 51.9 Å². The van der Waals surface area contributed by atoms with Crippen LogP contribution in [0.4, 0.5) is 0 Å². The minimum Gasteiger partial charge on any atom is -0.289 e. The Hall–Kier alpha value is -1.42. The second kappa shape index (κ2) is 11.2. The molecule has 0 aliphatic heterocycles. The molecule has 0 atom stereocenters. The number of aryl methyl sites for hydroxylation is 1. The molecule has 2 heteroatoms. The smallest absolute Gasteiger partial charge is 0.185 e. The van der Waals surface area contributed by atoms with Crippen LogP contribution in [0.1, 0.15) is 66.9 Å². The van der Waals surface area contributed by atoms with Gasteiger partial charge in [-0.2, -0.15) is 0 Å². The van der Waals surface area contributed by atoms with E-state index in [0.29, 0.717) is 0 Å². The van der Waals surface area contributed by atoms with Gasteiger partial charge in [-0.1, -0.05) is 81.5 Å². The number of ketones is 1. The minimum absolute atomic E-state index is 0.0487. The molecule has 0 aliphatic carbocycles. The molecule has 0 aromatic heterocycles. The van der Waals surface area contributed by atoms with Gasteiger partial charge in [0.25, 0.3) is 0 Å². The zero-order chi connectivity index (χ0) is 17.9. The van der Waals surface area contributed by atoms with Crippen LogP contribution in [-0.2, 0) is 6.42 Å². The van der Waals surface area contributed by atoms with Crippen molar-refractivity contribution in [2.75, 3.05) is 0 Å². The van der Waals surface area contributed by atoms with Crippen molar-refractivity contribution in [3.05, 3.63) is 74.9 Å². The Bertz CT molecular complexity index is 668. The summed E-state index contributed by atoms with van der Waals surface area (Å²) in [4.78, 5) is 12.2. The molecule has 2 aromatic rings. The standard InChI is InChI=1S/C23H27IO/c1-2-3-4-5-6-7-8-19-9-11-20(12-10-19)13-18-23(25)21-14-16-22(24)17-15-21/h9-18H,2-8H2,1H3. The van der Waals surface area contributed by atoms with E-state index in [1.807, 2.05) is 30.3 Å². The maximum absolute atomic E-state index is 12.2. The highest BCUT2D eigenvalue weighted by Gasteiger charge is 2.01. The molecule has 0 amide bonds. The molecule has 2 aromatic carbocycles. The first-order chi connectivity index (χ1) is 12.2. The Morgan fingerprint density at radius 2 is 1.52 bits per heavy atom. The van der Waals surface area contributed by atoms with Crippen LogP contribution in [0.2, 0.25) is 0 Å². The lowest BCUT2D eigenvalue weighted by Gasteiger charge is -2.03. The van der Waals surface area contributed by atoms with Gasteiger partial charge >= 0.3 is 0 Å². The molecule has 25 heavy (non-hydrogen) atoms. The van der Waals surface area contributed by atoms with Crippen LogP contribution >= 0.6 is 22.6 Å². The van der Waals surface area contributed by atoms with Crippen molar-refractivity contribution in [3.63, 3.8) is 0 Å². The Labute approximate surface area is 165 Å². The van der Waals surface area contributed by atoms with Crippen LogP contribution in [0.15, 0.2) is 54.6 Å². The fourth-order valence-electron chi connectivity index (χ4n) is 2.79. The van der Waals surface area contributed by atoms with E-state index in [1.165, 1.54) is 44.1 Å². The number of hydrogen-bond acceptors (Lipinski definition) is 1. The number of carbonyl (C=O) groups is 1.